The smallest absolute Gasteiger partial charge is 0.204 e. The van der Waals surface area contributed by atoms with Gasteiger partial charge in [0.2, 0.25) is 5.13 Å². The molecule has 3 rings (SSSR count). The van der Waals surface area contributed by atoms with Crippen LogP contribution in [0, 0.1) is 0 Å². The lowest BCUT2D eigenvalue weighted by Gasteiger charge is -1.98. The lowest BCUT2D eigenvalue weighted by molar-refractivity contribution is 1.31. The Morgan fingerprint density at radius 3 is 2.80 bits per heavy atom. The fraction of sp³-hybridized carbons (Fsp3) is 0. The molecule has 1 heterocycles. The van der Waals surface area contributed by atoms with Gasteiger partial charge in [0.1, 0.15) is 0 Å². The van der Waals surface area contributed by atoms with Gasteiger partial charge in [0.15, 0.2) is 0 Å². The molecule has 0 aliphatic rings. The second-order valence-electron chi connectivity index (χ2n) is 4.02. The van der Waals surface area contributed by atoms with E-state index in [1.807, 2.05) is 30.3 Å². The monoisotopic (exact) mass is 321 g/mol. The lowest BCUT2D eigenvalue weighted by Crippen LogP contribution is -1.90. The average Bonchev–Trinajstić information content (AvgIpc) is 2.84. The molecule has 0 amide bonds. The molecule has 0 unspecified atom stereocenters. The van der Waals surface area contributed by atoms with Gasteiger partial charge in [0.25, 0.3) is 0 Å². The van der Waals surface area contributed by atoms with E-state index in [1.165, 1.54) is 0 Å². The minimum atomic E-state index is 0.562. The van der Waals surface area contributed by atoms with Gasteiger partial charge < -0.3 is 0 Å². The standard InChI is InChI=1S/C14H9Cl2N3S/c15-10-6-5-9(11(16)7-10)8-17-19-14-18-12-3-1-2-4-13(12)20-14/h1-8H,(H,18,19)/b17-8-. The number of halogens is 2. The first-order chi connectivity index (χ1) is 9.72. The van der Waals surface area contributed by atoms with Crippen molar-refractivity contribution >= 4 is 56.1 Å². The van der Waals surface area contributed by atoms with Gasteiger partial charge in [-0.15, -0.1) is 0 Å². The molecule has 0 radical (unpaired) electrons. The Morgan fingerprint density at radius 1 is 1.15 bits per heavy atom. The van der Waals surface area contributed by atoms with Crippen LogP contribution < -0.4 is 5.43 Å². The molecule has 6 heteroatoms. The average molecular weight is 322 g/mol. The van der Waals surface area contributed by atoms with Crippen molar-refractivity contribution in [2.75, 3.05) is 5.43 Å². The van der Waals surface area contributed by atoms with E-state index in [2.05, 4.69) is 15.5 Å². The first kappa shape index (κ1) is 13.4. The van der Waals surface area contributed by atoms with E-state index in [0.29, 0.717) is 10.0 Å². The second-order valence-corrected chi connectivity index (χ2v) is 5.90. The predicted octanol–water partition coefficient (Wildman–Crippen LogP) is 5.05. The molecule has 0 atom stereocenters. The number of fused-ring (bicyclic) bond motifs is 1. The zero-order valence-electron chi connectivity index (χ0n) is 10.2. The van der Waals surface area contributed by atoms with Crippen LogP contribution in [0.25, 0.3) is 10.2 Å². The van der Waals surface area contributed by atoms with Crippen molar-refractivity contribution in [1.29, 1.82) is 0 Å². The molecule has 0 bridgehead atoms. The van der Waals surface area contributed by atoms with Crippen LogP contribution in [0.5, 0.6) is 0 Å². The number of thiazole rings is 1. The first-order valence-electron chi connectivity index (χ1n) is 5.82. The van der Waals surface area contributed by atoms with Gasteiger partial charge in [0.05, 0.1) is 21.5 Å². The van der Waals surface area contributed by atoms with Gasteiger partial charge >= 0.3 is 0 Å². The molecule has 1 aromatic heterocycles. The molecule has 0 saturated heterocycles. The normalized spacial score (nSPS) is 11.3. The maximum absolute atomic E-state index is 6.06. The first-order valence-corrected chi connectivity index (χ1v) is 7.39. The highest BCUT2D eigenvalue weighted by Crippen LogP contribution is 2.25. The van der Waals surface area contributed by atoms with Crippen molar-refractivity contribution in [3.8, 4) is 0 Å². The molecule has 20 heavy (non-hydrogen) atoms. The van der Waals surface area contributed by atoms with Crippen molar-refractivity contribution in [1.82, 2.24) is 4.98 Å². The lowest BCUT2D eigenvalue weighted by atomic mass is 10.2. The number of para-hydroxylation sites is 1. The van der Waals surface area contributed by atoms with E-state index in [9.17, 15) is 0 Å². The van der Waals surface area contributed by atoms with Gasteiger partial charge in [-0.3, -0.25) is 5.43 Å². The molecule has 3 aromatic rings. The Kier molecular flexibility index (Phi) is 3.87. The zero-order valence-corrected chi connectivity index (χ0v) is 12.5. The van der Waals surface area contributed by atoms with E-state index in [-0.39, 0.29) is 0 Å². The summed E-state index contributed by atoms with van der Waals surface area (Å²) in [5.41, 5.74) is 4.66. The molecular formula is C14H9Cl2N3S. The summed E-state index contributed by atoms with van der Waals surface area (Å²) in [5, 5.41) is 6.05. The van der Waals surface area contributed by atoms with Crippen molar-refractivity contribution in [2.24, 2.45) is 5.10 Å². The number of anilines is 1. The summed E-state index contributed by atoms with van der Waals surface area (Å²) in [7, 11) is 0. The third kappa shape index (κ3) is 2.93. The molecule has 1 N–H and O–H groups in total. The highest BCUT2D eigenvalue weighted by atomic mass is 35.5. The number of hydrazone groups is 1. The van der Waals surface area contributed by atoms with Crippen molar-refractivity contribution in [3.63, 3.8) is 0 Å². The number of hydrogen-bond acceptors (Lipinski definition) is 4. The fourth-order valence-corrected chi connectivity index (χ4v) is 2.96. The number of hydrogen-bond donors (Lipinski definition) is 1. The Hall–Kier alpha value is -1.62. The van der Waals surface area contributed by atoms with Crippen molar-refractivity contribution in [2.45, 2.75) is 0 Å². The van der Waals surface area contributed by atoms with E-state index < -0.39 is 0 Å². The molecule has 3 nitrogen and oxygen atoms in total. The van der Waals surface area contributed by atoms with Crippen LogP contribution in [0.4, 0.5) is 5.13 Å². The van der Waals surface area contributed by atoms with Gasteiger partial charge in [-0.2, -0.15) is 5.10 Å². The number of benzene rings is 2. The molecule has 0 aliphatic carbocycles. The molecule has 0 spiro atoms. The molecule has 100 valence electrons. The van der Waals surface area contributed by atoms with Crippen molar-refractivity contribution in [3.05, 3.63) is 58.1 Å². The van der Waals surface area contributed by atoms with Crippen LogP contribution in [0.15, 0.2) is 47.6 Å². The van der Waals surface area contributed by atoms with Crippen LogP contribution in [-0.2, 0) is 0 Å². The summed E-state index contributed by atoms with van der Waals surface area (Å²) < 4.78 is 1.12. The summed E-state index contributed by atoms with van der Waals surface area (Å²) in [6.07, 6.45) is 1.64. The topological polar surface area (TPSA) is 37.3 Å². The molecule has 0 aliphatic heterocycles. The Labute approximate surface area is 129 Å². The quantitative estimate of drug-likeness (QED) is 0.541. The van der Waals surface area contributed by atoms with E-state index in [4.69, 9.17) is 23.2 Å². The molecule has 0 saturated carbocycles. The molecule has 2 aromatic carbocycles. The molecule has 0 fully saturated rings. The van der Waals surface area contributed by atoms with E-state index in [0.717, 1.165) is 20.9 Å². The van der Waals surface area contributed by atoms with E-state index in [1.54, 1.807) is 29.7 Å². The third-order valence-electron chi connectivity index (χ3n) is 2.62. The zero-order chi connectivity index (χ0) is 13.9. The van der Waals surface area contributed by atoms with Crippen molar-refractivity contribution < 1.29 is 0 Å². The fourth-order valence-electron chi connectivity index (χ4n) is 1.68. The van der Waals surface area contributed by atoms with Crippen LogP contribution in [0.3, 0.4) is 0 Å². The van der Waals surface area contributed by atoms with Crippen LogP contribution in [-0.4, -0.2) is 11.2 Å². The minimum Gasteiger partial charge on any atom is -0.253 e. The number of aromatic nitrogens is 1. The summed E-state index contributed by atoms with van der Waals surface area (Å²) in [5.74, 6) is 0. The minimum absolute atomic E-state index is 0.562. The highest BCUT2D eigenvalue weighted by Gasteiger charge is 2.01. The Bertz CT molecular complexity index is 750. The highest BCUT2D eigenvalue weighted by molar-refractivity contribution is 7.22. The second kappa shape index (κ2) is 5.79. The van der Waals surface area contributed by atoms with Gasteiger partial charge in [-0.1, -0.05) is 52.7 Å². The van der Waals surface area contributed by atoms with Gasteiger partial charge in [0, 0.05) is 10.6 Å². The number of nitrogens with one attached hydrogen (secondary N) is 1. The third-order valence-corrected chi connectivity index (χ3v) is 4.12. The van der Waals surface area contributed by atoms with Crippen LogP contribution in [0.1, 0.15) is 5.56 Å². The SMILES string of the molecule is Clc1ccc(/C=N\Nc2nc3ccccc3s2)c(Cl)c1. The van der Waals surface area contributed by atoms with Crippen LogP contribution >= 0.6 is 34.5 Å². The van der Waals surface area contributed by atoms with Gasteiger partial charge in [-0.05, 0) is 24.3 Å². The summed E-state index contributed by atoms with van der Waals surface area (Å²) in [6.45, 7) is 0. The van der Waals surface area contributed by atoms with Gasteiger partial charge in [-0.25, -0.2) is 4.98 Å². The number of rotatable bonds is 3. The van der Waals surface area contributed by atoms with E-state index >= 15 is 0 Å². The summed E-state index contributed by atoms with van der Waals surface area (Å²) >= 11 is 13.4. The Balaban J connectivity index is 1.76. The largest absolute Gasteiger partial charge is 0.253 e. The maximum Gasteiger partial charge on any atom is 0.204 e. The summed E-state index contributed by atoms with van der Waals surface area (Å²) in [4.78, 5) is 4.42. The Morgan fingerprint density at radius 2 is 2.00 bits per heavy atom. The summed E-state index contributed by atoms with van der Waals surface area (Å²) in [6, 6.07) is 13.2. The number of nitrogens with zero attached hydrogens (tertiary/aromatic N) is 2. The maximum atomic E-state index is 6.06. The predicted molar refractivity (Wildman–Crippen MR) is 87.3 cm³/mol. The van der Waals surface area contributed by atoms with Crippen LogP contribution in [0.2, 0.25) is 10.0 Å². The molecular weight excluding hydrogens is 313 g/mol.